The van der Waals surface area contributed by atoms with Gasteiger partial charge in [-0.1, -0.05) is 12.1 Å². The van der Waals surface area contributed by atoms with Crippen LogP contribution in [0, 0.1) is 0 Å². The molecule has 0 bridgehead atoms. The highest BCUT2D eigenvalue weighted by atomic mass is 16.3. The molecule has 1 aliphatic heterocycles. The van der Waals surface area contributed by atoms with Crippen LogP contribution < -0.4 is 5.32 Å². The third-order valence-electron chi connectivity index (χ3n) is 3.96. The van der Waals surface area contributed by atoms with Crippen LogP contribution in [-0.2, 0) is 12.6 Å². The Labute approximate surface area is 107 Å². The second kappa shape index (κ2) is 4.07. The van der Waals surface area contributed by atoms with Crippen LogP contribution in [0.4, 0.5) is 0 Å². The zero-order valence-electron chi connectivity index (χ0n) is 10.8. The fourth-order valence-electron chi connectivity index (χ4n) is 2.90. The molecule has 0 radical (unpaired) electrons. The molecule has 1 aliphatic rings. The minimum absolute atomic E-state index is 0.353. The Morgan fingerprint density at radius 2 is 2.33 bits per heavy atom. The maximum atomic E-state index is 10.8. The average Bonchev–Trinajstić information content (AvgIpc) is 2.70. The van der Waals surface area contributed by atoms with E-state index in [0.29, 0.717) is 6.04 Å². The molecule has 18 heavy (non-hydrogen) atoms. The quantitative estimate of drug-likeness (QED) is 0.801. The van der Waals surface area contributed by atoms with Gasteiger partial charge in [-0.15, -0.1) is 0 Å². The molecule has 2 aromatic rings. The molecule has 2 N–H and O–H groups in total. The number of rotatable bonds is 1. The summed E-state index contributed by atoms with van der Waals surface area (Å²) >= 11 is 0. The van der Waals surface area contributed by atoms with E-state index in [0.717, 1.165) is 35.9 Å². The van der Waals surface area contributed by atoms with Crippen LogP contribution in [-0.4, -0.2) is 27.5 Å². The highest BCUT2D eigenvalue weighted by molar-refractivity contribution is 5.79. The average molecular weight is 245 g/mol. The molecule has 96 valence electrons. The van der Waals surface area contributed by atoms with E-state index in [1.165, 1.54) is 0 Å². The summed E-state index contributed by atoms with van der Waals surface area (Å²) in [5.74, 6) is 0. The minimum atomic E-state index is -0.705. The van der Waals surface area contributed by atoms with Gasteiger partial charge in [0.2, 0.25) is 0 Å². The van der Waals surface area contributed by atoms with Gasteiger partial charge in [-0.3, -0.25) is 4.68 Å². The van der Waals surface area contributed by atoms with Crippen molar-refractivity contribution in [2.45, 2.75) is 31.4 Å². The van der Waals surface area contributed by atoms with E-state index in [1.807, 2.05) is 30.1 Å². The van der Waals surface area contributed by atoms with Gasteiger partial charge in [-0.25, -0.2) is 0 Å². The van der Waals surface area contributed by atoms with Crippen LogP contribution in [0.2, 0.25) is 0 Å². The Morgan fingerprint density at radius 1 is 1.50 bits per heavy atom. The Balaban J connectivity index is 2.04. The summed E-state index contributed by atoms with van der Waals surface area (Å²) < 4.78 is 1.85. The number of nitrogens with one attached hydrogen (secondary N) is 1. The van der Waals surface area contributed by atoms with Crippen LogP contribution in [0.5, 0.6) is 0 Å². The first kappa shape index (κ1) is 11.7. The van der Waals surface area contributed by atoms with Crippen LogP contribution in [0.3, 0.4) is 0 Å². The fraction of sp³-hybridized carbons (Fsp3) is 0.500. The van der Waals surface area contributed by atoms with Gasteiger partial charge in [-0.2, -0.15) is 5.10 Å². The normalized spacial score (nSPS) is 28.7. The number of benzene rings is 1. The molecule has 4 nitrogen and oxygen atoms in total. The molecule has 1 aromatic carbocycles. The van der Waals surface area contributed by atoms with Gasteiger partial charge in [0.1, 0.15) is 0 Å². The number of hydrogen-bond donors (Lipinski definition) is 2. The maximum absolute atomic E-state index is 10.8. The predicted molar refractivity (Wildman–Crippen MR) is 71.3 cm³/mol. The zero-order valence-corrected chi connectivity index (χ0v) is 10.8. The van der Waals surface area contributed by atoms with E-state index in [2.05, 4.69) is 23.4 Å². The summed E-state index contributed by atoms with van der Waals surface area (Å²) in [4.78, 5) is 0. The number of hydrogen-bond acceptors (Lipinski definition) is 3. The maximum Gasteiger partial charge on any atom is 0.0924 e. The summed E-state index contributed by atoms with van der Waals surface area (Å²) in [6, 6.07) is 6.50. The lowest BCUT2D eigenvalue weighted by molar-refractivity contribution is -0.00637. The first-order chi connectivity index (χ1) is 8.58. The topological polar surface area (TPSA) is 50.1 Å². The summed E-state index contributed by atoms with van der Waals surface area (Å²) in [6.45, 7) is 2.98. The number of aryl methyl sites for hydroxylation is 1. The number of fused-ring (bicyclic) bond motifs is 1. The van der Waals surface area contributed by atoms with E-state index in [4.69, 9.17) is 0 Å². The Bertz CT molecular complexity index is 577. The SMILES string of the molecule is C[C@H]1C[C@@](O)(c2ccc3cnn(C)c3c2)CCN1. The van der Waals surface area contributed by atoms with Gasteiger partial charge in [0, 0.05) is 18.5 Å². The van der Waals surface area contributed by atoms with Crippen LogP contribution in [0.1, 0.15) is 25.3 Å². The number of aliphatic hydroxyl groups is 1. The van der Waals surface area contributed by atoms with E-state index in [9.17, 15) is 5.11 Å². The molecule has 2 heterocycles. The van der Waals surface area contributed by atoms with Crippen molar-refractivity contribution in [2.75, 3.05) is 6.54 Å². The molecule has 0 aliphatic carbocycles. The fourth-order valence-corrected chi connectivity index (χ4v) is 2.90. The monoisotopic (exact) mass is 245 g/mol. The zero-order chi connectivity index (χ0) is 12.8. The number of piperidine rings is 1. The second-order valence-corrected chi connectivity index (χ2v) is 5.38. The Kier molecular flexibility index (Phi) is 2.64. The van der Waals surface area contributed by atoms with E-state index >= 15 is 0 Å². The molecule has 0 saturated carbocycles. The Hall–Kier alpha value is -1.39. The molecular weight excluding hydrogens is 226 g/mol. The van der Waals surface area contributed by atoms with Crippen molar-refractivity contribution in [2.24, 2.45) is 7.05 Å². The molecule has 4 heteroatoms. The van der Waals surface area contributed by atoms with Crippen LogP contribution >= 0.6 is 0 Å². The lowest BCUT2D eigenvalue weighted by Gasteiger charge is -2.36. The summed E-state index contributed by atoms with van der Waals surface area (Å²) in [7, 11) is 1.93. The van der Waals surface area contributed by atoms with Crippen molar-refractivity contribution >= 4 is 10.9 Å². The van der Waals surface area contributed by atoms with Gasteiger partial charge < -0.3 is 10.4 Å². The number of nitrogens with zero attached hydrogens (tertiary/aromatic N) is 2. The van der Waals surface area contributed by atoms with E-state index < -0.39 is 5.60 Å². The van der Waals surface area contributed by atoms with Gasteiger partial charge in [0.15, 0.2) is 0 Å². The highest BCUT2D eigenvalue weighted by Crippen LogP contribution is 2.34. The smallest absolute Gasteiger partial charge is 0.0924 e. The lowest BCUT2D eigenvalue weighted by Crippen LogP contribution is -2.44. The van der Waals surface area contributed by atoms with Gasteiger partial charge in [-0.05, 0) is 37.9 Å². The Morgan fingerprint density at radius 3 is 3.11 bits per heavy atom. The highest BCUT2D eigenvalue weighted by Gasteiger charge is 2.34. The van der Waals surface area contributed by atoms with Gasteiger partial charge >= 0.3 is 0 Å². The van der Waals surface area contributed by atoms with Gasteiger partial charge in [0.25, 0.3) is 0 Å². The lowest BCUT2D eigenvalue weighted by atomic mass is 9.82. The molecular formula is C14H19N3O. The molecule has 3 rings (SSSR count). The van der Waals surface area contributed by atoms with Crippen molar-refractivity contribution in [3.05, 3.63) is 30.0 Å². The first-order valence-corrected chi connectivity index (χ1v) is 6.46. The van der Waals surface area contributed by atoms with Gasteiger partial charge in [0.05, 0.1) is 17.3 Å². The third-order valence-corrected chi connectivity index (χ3v) is 3.96. The van der Waals surface area contributed by atoms with Crippen molar-refractivity contribution in [1.82, 2.24) is 15.1 Å². The van der Waals surface area contributed by atoms with Crippen molar-refractivity contribution in [3.63, 3.8) is 0 Å². The molecule has 1 aromatic heterocycles. The minimum Gasteiger partial charge on any atom is -0.385 e. The van der Waals surface area contributed by atoms with Crippen LogP contribution in [0.15, 0.2) is 24.4 Å². The van der Waals surface area contributed by atoms with Crippen molar-refractivity contribution in [3.8, 4) is 0 Å². The molecule has 0 amide bonds. The summed E-state index contributed by atoms with van der Waals surface area (Å²) in [5.41, 5.74) is 1.38. The molecule has 2 atom stereocenters. The third kappa shape index (κ3) is 1.82. The van der Waals surface area contributed by atoms with E-state index in [-0.39, 0.29) is 0 Å². The molecule has 1 saturated heterocycles. The standard InChI is InChI=1S/C14H19N3O/c1-10-8-14(18,5-6-15-10)12-4-3-11-9-16-17(2)13(11)7-12/h3-4,7,9-10,15,18H,5-6,8H2,1-2H3/t10-,14+/m0/s1. The molecule has 0 spiro atoms. The second-order valence-electron chi connectivity index (χ2n) is 5.38. The van der Waals surface area contributed by atoms with Crippen molar-refractivity contribution in [1.29, 1.82) is 0 Å². The summed E-state index contributed by atoms with van der Waals surface area (Å²) in [6.07, 6.45) is 3.38. The first-order valence-electron chi connectivity index (χ1n) is 6.46. The van der Waals surface area contributed by atoms with Crippen LogP contribution in [0.25, 0.3) is 10.9 Å². The molecule has 1 fully saturated rings. The van der Waals surface area contributed by atoms with Crippen molar-refractivity contribution < 1.29 is 5.11 Å². The van der Waals surface area contributed by atoms with E-state index in [1.54, 1.807) is 0 Å². The molecule has 0 unspecified atom stereocenters. The predicted octanol–water partition coefficient (Wildman–Crippen LogP) is 1.53. The number of aromatic nitrogens is 2. The largest absolute Gasteiger partial charge is 0.385 e. The summed E-state index contributed by atoms with van der Waals surface area (Å²) in [5, 5.41) is 19.6.